The Morgan fingerprint density at radius 3 is 2.72 bits per heavy atom. The molecule has 3 rings (SSSR count). The number of nitrogens with two attached hydrogens (primary N) is 1. The molecule has 0 saturated carbocycles. The van der Waals surface area contributed by atoms with Crippen LogP contribution in [-0.4, -0.2) is 25.2 Å². The van der Waals surface area contributed by atoms with Gasteiger partial charge in [0.25, 0.3) is 11.5 Å². The topological polar surface area (TPSA) is 128 Å². The zero-order valence-corrected chi connectivity index (χ0v) is 14.9. The maximum atomic E-state index is 12.8. The number of H-pyrrole nitrogens is 1. The molecule has 0 atom stereocenters. The highest BCUT2D eigenvalue weighted by Gasteiger charge is 2.30. The molecule has 29 heavy (non-hydrogen) atoms. The Balaban J connectivity index is 1.79. The average Bonchev–Trinajstić information content (AvgIpc) is 3.11. The van der Waals surface area contributed by atoms with Crippen LogP contribution in [0.3, 0.4) is 0 Å². The van der Waals surface area contributed by atoms with Crippen molar-refractivity contribution in [2.75, 3.05) is 11.1 Å². The van der Waals surface area contributed by atoms with Crippen molar-refractivity contribution < 1.29 is 18.0 Å². The van der Waals surface area contributed by atoms with Crippen molar-refractivity contribution in [3.8, 4) is 0 Å². The van der Waals surface area contributed by atoms with Crippen molar-refractivity contribution in [3.05, 3.63) is 74.2 Å². The maximum absolute atomic E-state index is 12.8. The van der Waals surface area contributed by atoms with E-state index in [0.29, 0.717) is 5.56 Å². The molecule has 0 aliphatic rings. The molecule has 0 unspecified atom stereocenters. The van der Waals surface area contributed by atoms with Crippen LogP contribution in [0.25, 0.3) is 0 Å². The van der Waals surface area contributed by atoms with E-state index in [4.69, 9.17) is 5.73 Å². The van der Waals surface area contributed by atoms with Crippen LogP contribution in [0.1, 0.15) is 21.5 Å². The van der Waals surface area contributed by atoms with E-state index in [1.165, 1.54) is 36.3 Å². The first kappa shape index (κ1) is 19.9. The minimum atomic E-state index is -4.46. The van der Waals surface area contributed by atoms with E-state index in [0.717, 1.165) is 16.7 Å². The van der Waals surface area contributed by atoms with Crippen LogP contribution in [0, 0.1) is 0 Å². The predicted octanol–water partition coefficient (Wildman–Crippen LogP) is 1.17. The first-order valence-corrected chi connectivity index (χ1v) is 8.15. The summed E-state index contributed by atoms with van der Waals surface area (Å²) in [5, 5.41) is 6.24. The Morgan fingerprint density at radius 1 is 1.31 bits per heavy atom. The van der Waals surface area contributed by atoms with Gasteiger partial charge in [-0.3, -0.25) is 23.8 Å². The lowest BCUT2D eigenvalue weighted by Gasteiger charge is -2.09. The van der Waals surface area contributed by atoms with Gasteiger partial charge in [-0.1, -0.05) is 12.1 Å². The van der Waals surface area contributed by atoms with Crippen molar-refractivity contribution in [1.29, 1.82) is 0 Å². The van der Waals surface area contributed by atoms with E-state index in [1.54, 1.807) is 0 Å². The lowest BCUT2D eigenvalue weighted by Crippen LogP contribution is -2.33. The summed E-state index contributed by atoms with van der Waals surface area (Å²) >= 11 is 0. The molecule has 0 aliphatic carbocycles. The number of hydrogen-bond acceptors (Lipinski definition) is 5. The number of halogens is 3. The summed E-state index contributed by atoms with van der Waals surface area (Å²) < 4.78 is 40.7. The number of alkyl halides is 3. The number of benzene rings is 1. The molecule has 3 aromatic rings. The minimum Gasteiger partial charge on any atom is -0.383 e. The number of carbonyl (C=O) groups excluding carboxylic acids is 1. The van der Waals surface area contributed by atoms with E-state index in [2.05, 4.69) is 10.4 Å². The highest BCUT2D eigenvalue weighted by atomic mass is 19.4. The zero-order valence-electron chi connectivity index (χ0n) is 14.9. The Bertz CT molecular complexity index is 1190. The van der Waals surface area contributed by atoms with Crippen LogP contribution in [0.15, 0.2) is 46.2 Å². The van der Waals surface area contributed by atoms with E-state index in [-0.39, 0.29) is 23.6 Å². The summed E-state index contributed by atoms with van der Waals surface area (Å²) in [5.74, 6) is -0.959. The highest BCUT2D eigenvalue weighted by molar-refractivity contribution is 6.05. The molecule has 2 aromatic heterocycles. The largest absolute Gasteiger partial charge is 0.416 e. The van der Waals surface area contributed by atoms with E-state index < -0.39 is 28.9 Å². The molecule has 0 saturated heterocycles. The monoisotopic (exact) mass is 408 g/mol. The quantitative estimate of drug-likeness (QED) is 0.597. The van der Waals surface area contributed by atoms with Crippen LogP contribution >= 0.6 is 0 Å². The molecule has 0 radical (unpaired) electrons. The Morgan fingerprint density at radius 2 is 2.03 bits per heavy atom. The van der Waals surface area contributed by atoms with Gasteiger partial charge in [-0.05, 0) is 17.7 Å². The third-order valence-electron chi connectivity index (χ3n) is 4.10. The van der Waals surface area contributed by atoms with Gasteiger partial charge >= 0.3 is 11.9 Å². The van der Waals surface area contributed by atoms with Crippen molar-refractivity contribution >= 4 is 17.4 Å². The zero-order chi connectivity index (χ0) is 21.3. The number of rotatable bonds is 4. The SMILES string of the molecule is Cn1c(N)c(NC(=O)c2cnn(Cc3cccc(C(F)(F)F)c3)c2)c(=O)[nH]c1=O. The number of nitrogen functional groups attached to an aromatic ring is 1. The van der Waals surface area contributed by atoms with E-state index in [1.807, 2.05) is 4.98 Å². The fourth-order valence-electron chi connectivity index (χ4n) is 2.54. The van der Waals surface area contributed by atoms with Crippen molar-refractivity contribution in [1.82, 2.24) is 19.3 Å². The number of hydrogen-bond donors (Lipinski definition) is 3. The van der Waals surface area contributed by atoms with Gasteiger partial charge in [0.05, 0.1) is 23.9 Å². The van der Waals surface area contributed by atoms with Gasteiger partial charge in [-0.2, -0.15) is 18.3 Å². The second-order valence-corrected chi connectivity index (χ2v) is 6.16. The number of amides is 1. The van der Waals surface area contributed by atoms with Crippen LogP contribution in [0.2, 0.25) is 0 Å². The Hall–Kier alpha value is -3.83. The summed E-state index contributed by atoms with van der Waals surface area (Å²) in [4.78, 5) is 37.7. The molecule has 0 aliphatic heterocycles. The molecule has 0 fully saturated rings. The third-order valence-corrected chi connectivity index (χ3v) is 4.10. The molecule has 0 spiro atoms. The summed E-state index contributed by atoms with van der Waals surface area (Å²) in [6, 6.07) is 4.73. The molecule has 9 nitrogen and oxygen atoms in total. The number of carbonyl (C=O) groups is 1. The fraction of sp³-hybridized carbons (Fsp3) is 0.176. The van der Waals surface area contributed by atoms with Crippen LogP contribution in [-0.2, 0) is 19.8 Å². The molecule has 152 valence electrons. The van der Waals surface area contributed by atoms with Crippen LogP contribution in [0.4, 0.5) is 24.7 Å². The second-order valence-electron chi connectivity index (χ2n) is 6.16. The van der Waals surface area contributed by atoms with Crippen molar-refractivity contribution in [3.63, 3.8) is 0 Å². The first-order chi connectivity index (χ1) is 13.6. The lowest BCUT2D eigenvalue weighted by molar-refractivity contribution is -0.137. The van der Waals surface area contributed by atoms with Gasteiger partial charge in [0, 0.05) is 13.2 Å². The summed E-state index contributed by atoms with van der Waals surface area (Å²) in [5.41, 5.74) is 3.38. The summed E-state index contributed by atoms with van der Waals surface area (Å²) in [6.45, 7) is -0.000237. The first-order valence-electron chi connectivity index (χ1n) is 8.15. The van der Waals surface area contributed by atoms with Crippen molar-refractivity contribution in [2.45, 2.75) is 12.7 Å². The second kappa shape index (κ2) is 7.30. The molecule has 2 heterocycles. The summed E-state index contributed by atoms with van der Waals surface area (Å²) in [6.07, 6.45) is -1.97. The van der Waals surface area contributed by atoms with Crippen LogP contribution in [0.5, 0.6) is 0 Å². The average molecular weight is 408 g/mol. The smallest absolute Gasteiger partial charge is 0.383 e. The van der Waals surface area contributed by atoms with E-state index in [9.17, 15) is 27.6 Å². The number of nitrogens with zero attached hydrogens (tertiary/aromatic N) is 3. The lowest BCUT2D eigenvalue weighted by atomic mass is 10.1. The minimum absolute atomic E-state index is 0.000237. The maximum Gasteiger partial charge on any atom is 0.416 e. The van der Waals surface area contributed by atoms with Gasteiger partial charge in [0.15, 0.2) is 0 Å². The fourth-order valence-corrected chi connectivity index (χ4v) is 2.54. The number of nitrogens with one attached hydrogen (secondary N) is 2. The molecule has 0 bridgehead atoms. The Labute approximate surface area is 160 Å². The number of anilines is 2. The highest BCUT2D eigenvalue weighted by Crippen LogP contribution is 2.29. The van der Waals surface area contributed by atoms with Gasteiger partial charge in [0.1, 0.15) is 11.5 Å². The molecule has 4 N–H and O–H groups in total. The number of aromatic amines is 1. The molecule has 12 heteroatoms. The standard InChI is InChI=1S/C17H15F3N6O3/c1-25-13(21)12(15(28)24-16(25)29)23-14(27)10-6-22-26(8-10)7-9-3-2-4-11(5-9)17(18,19)20/h2-6,8H,7,21H2,1H3,(H,23,27)(H,24,28,29). The van der Waals surface area contributed by atoms with E-state index >= 15 is 0 Å². The van der Waals surface area contributed by atoms with Gasteiger partial charge in [-0.15, -0.1) is 0 Å². The Kier molecular flexibility index (Phi) is 5.01. The van der Waals surface area contributed by atoms with Crippen LogP contribution < -0.4 is 22.3 Å². The predicted molar refractivity (Wildman–Crippen MR) is 97.4 cm³/mol. The van der Waals surface area contributed by atoms with Crippen molar-refractivity contribution in [2.24, 2.45) is 7.05 Å². The summed E-state index contributed by atoms with van der Waals surface area (Å²) in [7, 11) is 1.32. The third kappa shape index (κ3) is 4.20. The molecular formula is C17H15F3N6O3. The molecule has 1 amide bonds. The molecule has 1 aromatic carbocycles. The number of aromatic nitrogens is 4. The molecular weight excluding hydrogens is 393 g/mol. The van der Waals surface area contributed by atoms with Gasteiger partial charge < -0.3 is 11.1 Å². The van der Waals surface area contributed by atoms with Gasteiger partial charge in [0.2, 0.25) is 0 Å². The normalized spacial score (nSPS) is 11.4. The van der Waals surface area contributed by atoms with Gasteiger partial charge in [-0.25, -0.2) is 4.79 Å².